The highest BCUT2D eigenvalue weighted by Gasteiger charge is 2.32. The van der Waals surface area contributed by atoms with Gasteiger partial charge in [-0.25, -0.2) is 22.6 Å². The van der Waals surface area contributed by atoms with Crippen molar-refractivity contribution in [2.24, 2.45) is 5.73 Å². The molecular formula is C21H19ClFN5O8S3. The average molecular weight is 620 g/mol. The maximum atomic E-state index is 13.8. The second kappa shape index (κ2) is 11.5. The molecule has 0 bridgehead atoms. The summed E-state index contributed by atoms with van der Waals surface area (Å²) in [6.07, 6.45) is -1.55. The standard InChI is InChI=1S/C21H19ClFN5O8S3/c1-34-9-17(38(30,31)10-19-28-27-18(35-19)8-25-39(32,33)36-21(24)29)20-26-15-3-2-11(6-16(15)37-20)12-4-13(22)7-14(23)5-12/h2-7,17,25H,8-10H2,1H3,(H2,24,29). The Hall–Kier alpha value is -3.22. The molecule has 0 saturated carbocycles. The third-order valence-corrected chi connectivity index (χ3v) is 9.31. The van der Waals surface area contributed by atoms with Gasteiger partial charge < -0.3 is 19.1 Å². The average Bonchev–Trinajstić information content (AvgIpc) is 3.45. The van der Waals surface area contributed by atoms with Gasteiger partial charge in [0.15, 0.2) is 9.84 Å². The number of carbonyl (C=O) groups is 1. The molecule has 0 aliphatic carbocycles. The zero-order chi connectivity index (χ0) is 28.4. The zero-order valence-electron chi connectivity index (χ0n) is 19.8. The van der Waals surface area contributed by atoms with E-state index in [1.54, 1.807) is 24.3 Å². The summed E-state index contributed by atoms with van der Waals surface area (Å²) in [5.41, 5.74) is 6.41. The fraction of sp³-hybridized carbons (Fsp3) is 0.238. The predicted octanol–water partition coefficient (Wildman–Crippen LogP) is 2.87. The minimum Gasteiger partial charge on any atom is -0.423 e. The summed E-state index contributed by atoms with van der Waals surface area (Å²) in [6, 6.07) is 9.30. The lowest BCUT2D eigenvalue weighted by Crippen LogP contribution is -2.30. The van der Waals surface area contributed by atoms with Gasteiger partial charge >= 0.3 is 16.4 Å². The van der Waals surface area contributed by atoms with Crippen LogP contribution in [-0.4, -0.2) is 51.8 Å². The summed E-state index contributed by atoms with van der Waals surface area (Å²) in [5.74, 6) is -1.78. The van der Waals surface area contributed by atoms with E-state index < -0.39 is 49.6 Å². The van der Waals surface area contributed by atoms with Crippen molar-refractivity contribution in [1.82, 2.24) is 19.9 Å². The molecule has 39 heavy (non-hydrogen) atoms. The van der Waals surface area contributed by atoms with Gasteiger partial charge in [-0.15, -0.1) is 21.5 Å². The van der Waals surface area contributed by atoms with Gasteiger partial charge in [0.05, 0.1) is 23.4 Å². The number of nitrogens with zero attached hydrogens (tertiary/aromatic N) is 3. The van der Waals surface area contributed by atoms with Crippen molar-refractivity contribution in [1.29, 1.82) is 0 Å². The molecule has 1 atom stereocenters. The Bertz CT molecular complexity index is 1720. The molecule has 2 heterocycles. The summed E-state index contributed by atoms with van der Waals surface area (Å²) in [4.78, 5) is 15.1. The van der Waals surface area contributed by atoms with Crippen LogP contribution in [0.1, 0.15) is 22.0 Å². The number of rotatable bonds is 11. The Balaban J connectivity index is 1.55. The first-order valence-electron chi connectivity index (χ1n) is 10.7. The number of methoxy groups -OCH3 is 1. The normalized spacial score (nSPS) is 13.0. The molecule has 1 unspecified atom stereocenters. The number of aromatic nitrogens is 3. The summed E-state index contributed by atoms with van der Waals surface area (Å²) in [6.45, 7) is -0.805. The van der Waals surface area contributed by atoms with Crippen molar-refractivity contribution in [3.05, 3.63) is 64.0 Å². The Labute approximate surface area is 230 Å². The Morgan fingerprint density at radius 1 is 1.15 bits per heavy atom. The topological polar surface area (TPSA) is 194 Å². The first-order valence-corrected chi connectivity index (χ1v) is 15.0. The molecule has 0 radical (unpaired) electrons. The van der Waals surface area contributed by atoms with Crippen molar-refractivity contribution >= 4 is 59.4 Å². The first kappa shape index (κ1) is 28.8. The molecule has 2 aromatic heterocycles. The number of thiazole rings is 1. The van der Waals surface area contributed by atoms with Crippen LogP contribution in [0.4, 0.5) is 9.18 Å². The SMILES string of the molecule is COCC(c1nc2ccc(-c3cc(F)cc(Cl)c3)cc2s1)S(=O)(=O)Cc1nnc(CNS(=O)(=O)OC(N)=O)o1. The summed E-state index contributed by atoms with van der Waals surface area (Å²) < 4.78 is 80.2. The first-order chi connectivity index (χ1) is 18.3. The molecule has 0 spiro atoms. The second-order valence-electron chi connectivity index (χ2n) is 7.91. The molecule has 2 aromatic carbocycles. The zero-order valence-corrected chi connectivity index (χ0v) is 23.0. The molecule has 208 valence electrons. The predicted molar refractivity (Wildman–Crippen MR) is 138 cm³/mol. The van der Waals surface area contributed by atoms with Gasteiger partial charge in [0.1, 0.15) is 21.8 Å². The van der Waals surface area contributed by atoms with E-state index in [0.29, 0.717) is 21.3 Å². The van der Waals surface area contributed by atoms with E-state index in [1.165, 1.54) is 19.2 Å². The lowest BCUT2D eigenvalue weighted by molar-refractivity contribution is 0.197. The number of halogens is 2. The number of primary amides is 1. The van der Waals surface area contributed by atoms with Gasteiger partial charge in [0.2, 0.25) is 11.8 Å². The minimum absolute atomic E-state index is 0.222. The number of hydrogen-bond donors (Lipinski definition) is 2. The summed E-state index contributed by atoms with van der Waals surface area (Å²) in [5, 5.41) is 6.52. The van der Waals surface area contributed by atoms with Crippen molar-refractivity contribution in [2.45, 2.75) is 17.5 Å². The van der Waals surface area contributed by atoms with Crippen LogP contribution in [-0.2, 0) is 41.4 Å². The van der Waals surface area contributed by atoms with E-state index in [4.69, 9.17) is 20.8 Å². The number of benzene rings is 2. The summed E-state index contributed by atoms with van der Waals surface area (Å²) >= 11 is 7.10. The molecule has 3 N–H and O–H groups in total. The molecule has 0 fully saturated rings. The van der Waals surface area contributed by atoms with Crippen LogP contribution in [0.5, 0.6) is 0 Å². The molecule has 0 saturated heterocycles. The minimum atomic E-state index is -4.52. The number of fused-ring (bicyclic) bond motifs is 1. The second-order valence-corrected chi connectivity index (χ2v) is 13.0. The molecule has 4 rings (SSSR count). The number of nitrogens with two attached hydrogens (primary N) is 1. The third kappa shape index (κ3) is 7.25. The number of sulfone groups is 1. The van der Waals surface area contributed by atoms with Crippen LogP contribution in [0, 0.1) is 5.82 Å². The van der Waals surface area contributed by atoms with E-state index in [2.05, 4.69) is 25.1 Å². The van der Waals surface area contributed by atoms with Gasteiger partial charge in [0.25, 0.3) is 0 Å². The smallest absolute Gasteiger partial charge is 0.421 e. The number of amides is 1. The Morgan fingerprint density at radius 2 is 1.90 bits per heavy atom. The lowest BCUT2D eigenvalue weighted by Gasteiger charge is -2.13. The van der Waals surface area contributed by atoms with Gasteiger partial charge in [-0.2, -0.15) is 13.1 Å². The number of carbonyl (C=O) groups excluding carboxylic acids is 1. The van der Waals surface area contributed by atoms with Crippen molar-refractivity contribution in [3.63, 3.8) is 0 Å². The Morgan fingerprint density at radius 3 is 2.59 bits per heavy atom. The van der Waals surface area contributed by atoms with Crippen LogP contribution >= 0.6 is 22.9 Å². The van der Waals surface area contributed by atoms with Gasteiger partial charge in [-0.1, -0.05) is 17.7 Å². The highest BCUT2D eigenvalue weighted by molar-refractivity contribution is 7.91. The van der Waals surface area contributed by atoms with E-state index in [0.717, 1.165) is 11.3 Å². The number of hydrogen-bond acceptors (Lipinski definition) is 12. The molecule has 0 aliphatic heterocycles. The van der Waals surface area contributed by atoms with Gasteiger partial charge in [0, 0.05) is 12.1 Å². The molecular weight excluding hydrogens is 601 g/mol. The van der Waals surface area contributed by atoms with Crippen LogP contribution in [0.25, 0.3) is 21.3 Å². The van der Waals surface area contributed by atoms with Crippen molar-refractivity contribution < 1.29 is 39.4 Å². The van der Waals surface area contributed by atoms with Crippen LogP contribution in [0.3, 0.4) is 0 Å². The van der Waals surface area contributed by atoms with Crippen molar-refractivity contribution in [2.75, 3.05) is 13.7 Å². The maximum absolute atomic E-state index is 13.8. The molecule has 1 amide bonds. The van der Waals surface area contributed by atoms with E-state index >= 15 is 0 Å². The van der Waals surface area contributed by atoms with E-state index in [-0.39, 0.29) is 28.4 Å². The molecule has 18 heteroatoms. The highest BCUT2D eigenvalue weighted by atomic mass is 35.5. The van der Waals surface area contributed by atoms with Crippen LogP contribution in [0.2, 0.25) is 5.02 Å². The monoisotopic (exact) mass is 619 g/mol. The van der Waals surface area contributed by atoms with Crippen LogP contribution in [0.15, 0.2) is 40.8 Å². The van der Waals surface area contributed by atoms with E-state index in [1.807, 2.05) is 4.72 Å². The molecule has 13 nitrogen and oxygen atoms in total. The number of nitrogens with one attached hydrogen (secondary N) is 1. The number of ether oxygens (including phenoxy) is 1. The van der Waals surface area contributed by atoms with Gasteiger partial charge in [-0.05, 0) is 41.5 Å². The van der Waals surface area contributed by atoms with Crippen molar-refractivity contribution in [3.8, 4) is 11.1 Å². The maximum Gasteiger partial charge on any atom is 0.421 e. The third-order valence-electron chi connectivity index (χ3n) is 5.05. The fourth-order valence-corrected chi connectivity index (χ4v) is 7.16. The highest BCUT2D eigenvalue weighted by Crippen LogP contribution is 2.35. The molecule has 0 aliphatic rings. The van der Waals surface area contributed by atoms with Gasteiger partial charge in [-0.3, -0.25) is 0 Å². The van der Waals surface area contributed by atoms with E-state index in [9.17, 15) is 26.0 Å². The quantitative estimate of drug-likeness (QED) is 0.251. The fourth-order valence-electron chi connectivity index (χ4n) is 3.44. The lowest BCUT2D eigenvalue weighted by atomic mass is 10.1. The summed E-state index contributed by atoms with van der Waals surface area (Å²) in [7, 11) is -7.20. The molecule has 4 aromatic rings. The van der Waals surface area contributed by atoms with Crippen LogP contribution < -0.4 is 10.5 Å². The largest absolute Gasteiger partial charge is 0.423 e. The Kier molecular flexibility index (Phi) is 8.48.